The number of amides is 2. The first kappa shape index (κ1) is 18.6. The summed E-state index contributed by atoms with van der Waals surface area (Å²) in [5.41, 5.74) is 0.500. The van der Waals surface area contributed by atoms with Crippen molar-refractivity contribution in [3.63, 3.8) is 0 Å². The van der Waals surface area contributed by atoms with Crippen LogP contribution in [0.4, 0.5) is 20.2 Å². The fourth-order valence-electron chi connectivity index (χ4n) is 2.31. The minimum atomic E-state index is -0.928. The zero-order valence-electron chi connectivity index (χ0n) is 14.5. The molecule has 2 aromatic carbocycles. The molecule has 0 radical (unpaired) electrons. The van der Waals surface area contributed by atoms with E-state index in [2.05, 4.69) is 10.6 Å². The first-order valence-electron chi connectivity index (χ1n) is 7.76. The number of benzene rings is 2. The van der Waals surface area contributed by atoms with Gasteiger partial charge in [0.1, 0.15) is 11.6 Å². The molecule has 0 aliphatic rings. The van der Waals surface area contributed by atoms with E-state index in [0.29, 0.717) is 6.07 Å². The van der Waals surface area contributed by atoms with Crippen molar-refractivity contribution >= 4 is 23.2 Å². The summed E-state index contributed by atoms with van der Waals surface area (Å²) in [7, 11) is 0. The summed E-state index contributed by atoms with van der Waals surface area (Å²) in [6, 6.07) is 9.13. The van der Waals surface area contributed by atoms with Gasteiger partial charge in [-0.1, -0.05) is 29.8 Å². The van der Waals surface area contributed by atoms with Crippen LogP contribution in [0.25, 0.3) is 0 Å². The van der Waals surface area contributed by atoms with Gasteiger partial charge < -0.3 is 10.6 Å². The Balaban J connectivity index is 2.30. The lowest BCUT2D eigenvalue weighted by Crippen LogP contribution is -2.35. The van der Waals surface area contributed by atoms with Crippen LogP contribution in [0.5, 0.6) is 0 Å². The monoisotopic (exact) mass is 346 g/mol. The predicted octanol–water partition coefficient (Wildman–Crippen LogP) is 4.15. The van der Waals surface area contributed by atoms with Crippen LogP contribution in [0.3, 0.4) is 0 Å². The van der Waals surface area contributed by atoms with E-state index in [1.807, 2.05) is 31.2 Å². The van der Waals surface area contributed by atoms with E-state index in [1.54, 1.807) is 13.8 Å². The van der Waals surface area contributed by atoms with Gasteiger partial charge in [0.05, 0.1) is 16.8 Å². The van der Waals surface area contributed by atoms with Crippen molar-refractivity contribution in [2.75, 3.05) is 10.6 Å². The summed E-state index contributed by atoms with van der Waals surface area (Å²) in [5.74, 6) is -2.78. The summed E-state index contributed by atoms with van der Waals surface area (Å²) in [4.78, 5) is 23.7. The highest BCUT2D eigenvalue weighted by Crippen LogP contribution is 2.28. The molecular weight excluding hydrogens is 326 g/mol. The fraction of sp³-hybridized carbons (Fsp3) is 0.263. The van der Waals surface area contributed by atoms with Crippen LogP contribution < -0.4 is 10.6 Å². The number of halogens is 2. The van der Waals surface area contributed by atoms with Crippen LogP contribution in [0.1, 0.15) is 31.9 Å². The molecule has 0 saturated carbocycles. The Morgan fingerprint density at radius 1 is 0.920 bits per heavy atom. The number of carbonyl (C=O) groups excluding carboxylic acids is 2. The van der Waals surface area contributed by atoms with Crippen LogP contribution in [0, 0.1) is 18.6 Å². The number of hydrogen-bond donors (Lipinski definition) is 2. The Kier molecular flexibility index (Phi) is 5.21. The summed E-state index contributed by atoms with van der Waals surface area (Å²) < 4.78 is 27.7. The standard InChI is InChI=1S/C19H20F2N2O2/c1-11-5-7-13(8-6-11)19(3,4)18(25)23-17-10-16(22-12(2)24)14(20)9-15(17)21/h5-10H,1-4H3,(H,22,24)(H,23,25). The lowest BCUT2D eigenvalue weighted by molar-refractivity contribution is -0.120. The van der Waals surface area contributed by atoms with Crippen LogP contribution in [0.2, 0.25) is 0 Å². The zero-order valence-corrected chi connectivity index (χ0v) is 14.5. The lowest BCUT2D eigenvalue weighted by Gasteiger charge is -2.24. The summed E-state index contributed by atoms with van der Waals surface area (Å²) in [6.45, 7) is 6.57. The van der Waals surface area contributed by atoms with Crippen LogP contribution >= 0.6 is 0 Å². The van der Waals surface area contributed by atoms with Gasteiger partial charge in [0, 0.05) is 13.0 Å². The van der Waals surface area contributed by atoms with Gasteiger partial charge >= 0.3 is 0 Å². The maximum Gasteiger partial charge on any atom is 0.234 e. The molecule has 25 heavy (non-hydrogen) atoms. The minimum Gasteiger partial charge on any atom is -0.324 e. The molecule has 0 aliphatic carbocycles. The number of hydrogen-bond acceptors (Lipinski definition) is 2. The molecular formula is C19H20F2N2O2. The van der Waals surface area contributed by atoms with E-state index >= 15 is 0 Å². The maximum atomic E-state index is 14.0. The smallest absolute Gasteiger partial charge is 0.234 e. The molecule has 0 bridgehead atoms. The van der Waals surface area contributed by atoms with Crippen LogP contribution in [0.15, 0.2) is 36.4 Å². The van der Waals surface area contributed by atoms with E-state index in [9.17, 15) is 18.4 Å². The molecule has 0 fully saturated rings. The van der Waals surface area contributed by atoms with Gasteiger partial charge in [-0.3, -0.25) is 9.59 Å². The Morgan fingerprint density at radius 3 is 1.96 bits per heavy atom. The molecule has 4 nitrogen and oxygen atoms in total. The Morgan fingerprint density at radius 2 is 1.44 bits per heavy atom. The Labute approximate surface area is 145 Å². The van der Waals surface area contributed by atoms with E-state index in [1.165, 1.54) is 6.92 Å². The van der Waals surface area contributed by atoms with Crippen molar-refractivity contribution in [3.8, 4) is 0 Å². The van der Waals surface area contributed by atoms with E-state index in [-0.39, 0.29) is 11.4 Å². The third kappa shape index (κ3) is 4.21. The van der Waals surface area contributed by atoms with Crippen molar-refractivity contribution in [2.24, 2.45) is 0 Å². The maximum absolute atomic E-state index is 14.0. The average Bonchev–Trinajstić information content (AvgIpc) is 2.51. The van der Waals surface area contributed by atoms with Gasteiger partial charge in [-0.2, -0.15) is 0 Å². The molecule has 6 heteroatoms. The highest BCUT2D eigenvalue weighted by Gasteiger charge is 2.30. The van der Waals surface area contributed by atoms with Crippen LogP contribution in [-0.2, 0) is 15.0 Å². The number of nitrogens with one attached hydrogen (secondary N) is 2. The molecule has 132 valence electrons. The van der Waals surface area contributed by atoms with Crippen molar-refractivity contribution in [3.05, 3.63) is 59.2 Å². The molecule has 0 aliphatic heterocycles. The number of aryl methyl sites for hydroxylation is 1. The molecule has 2 rings (SSSR count). The first-order valence-corrected chi connectivity index (χ1v) is 7.76. The van der Waals surface area contributed by atoms with Crippen molar-refractivity contribution in [1.29, 1.82) is 0 Å². The fourth-order valence-corrected chi connectivity index (χ4v) is 2.31. The molecule has 2 N–H and O–H groups in total. The van der Waals surface area contributed by atoms with Crippen molar-refractivity contribution < 1.29 is 18.4 Å². The minimum absolute atomic E-state index is 0.197. The Bertz CT molecular complexity index is 815. The van der Waals surface area contributed by atoms with Crippen molar-refractivity contribution in [1.82, 2.24) is 0 Å². The normalized spacial score (nSPS) is 11.1. The molecule has 2 amide bonds. The zero-order chi connectivity index (χ0) is 18.8. The molecule has 0 aromatic heterocycles. The topological polar surface area (TPSA) is 58.2 Å². The molecule has 0 unspecified atom stereocenters. The van der Waals surface area contributed by atoms with Crippen molar-refractivity contribution in [2.45, 2.75) is 33.1 Å². The SMILES string of the molecule is CC(=O)Nc1cc(NC(=O)C(C)(C)c2ccc(C)cc2)c(F)cc1F. The van der Waals surface area contributed by atoms with Gasteiger partial charge in [0.15, 0.2) is 0 Å². The summed E-state index contributed by atoms with van der Waals surface area (Å²) in [5, 5.41) is 4.73. The highest BCUT2D eigenvalue weighted by molar-refractivity contribution is 5.99. The number of rotatable bonds is 4. The molecule has 0 heterocycles. The van der Waals surface area contributed by atoms with Gasteiger partial charge in [0.25, 0.3) is 0 Å². The largest absolute Gasteiger partial charge is 0.324 e. The third-order valence-electron chi connectivity index (χ3n) is 3.96. The van der Waals surface area contributed by atoms with E-state index < -0.39 is 28.9 Å². The molecule has 0 atom stereocenters. The summed E-state index contributed by atoms with van der Waals surface area (Å²) in [6.07, 6.45) is 0. The van der Waals surface area contributed by atoms with Gasteiger partial charge in [-0.15, -0.1) is 0 Å². The van der Waals surface area contributed by atoms with Gasteiger partial charge in [0.2, 0.25) is 11.8 Å². The second-order valence-corrected chi connectivity index (χ2v) is 6.44. The lowest BCUT2D eigenvalue weighted by atomic mass is 9.83. The first-order chi connectivity index (χ1) is 11.6. The Hall–Kier alpha value is -2.76. The van der Waals surface area contributed by atoms with E-state index in [4.69, 9.17) is 0 Å². The average molecular weight is 346 g/mol. The highest BCUT2D eigenvalue weighted by atomic mass is 19.1. The second kappa shape index (κ2) is 7.01. The molecule has 2 aromatic rings. The van der Waals surface area contributed by atoms with E-state index in [0.717, 1.165) is 17.2 Å². The van der Waals surface area contributed by atoms with Crippen LogP contribution in [-0.4, -0.2) is 11.8 Å². The van der Waals surface area contributed by atoms with Gasteiger partial charge in [-0.25, -0.2) is 8.78 Å². The number of carbonyl (C=O) groups is 2. The van der Waals surface area contributed by atoms with Gasteiger partial charge in [-0.05, 0) is 32.4 Å². The molecule has 0 saturated heterocycles. The predicted molar refractivity (Wildman–Crippen MR) is 93.5 cm³/mol. The summed E-state index contributed by atoms with van der Waals surface area (Å²) >= 11 is 0. The molecule has 0 spiro atoms. The quantitative estimate of drug-likeness (QED) is 0.874. The third-order valence-corrected chi connectivity index (χ3v) is 3.96. The number of anilines is 2. The second-order valence-electron chi connectivity index (χ2n) is 6.44.